The Morgan fingerprint density at radius 1 is 1.30 bits per heavy atom. The van der Waals surface area contributed by atoms with Gasteiger partial charge >= 0.3 is 12.1 Å². The second kappa shape index (κ2) is 8.58. The number of carbonyl (C=O) groups is 1. The number of nitrogens with zero attached hydrogens (tertiary/aromatic N) is 3. The van der Waals surface area contributed by atoms with Crippen LogP contribution in [0.2, 0.25) is 5.15 Å². The van der Waals surface area contributed by atoms with Crippen LogP contribution >= 0.6 is 11.6 Å². The Balaban J connectivity index is 1.76. The largest absolute Gasteiger partial charge is 0.478 e. The minimum absolute atomic E-state index is 0.212. The first kappa shape index (κ1) is 21.4. The molecule has 0 amide bonds. The second-order valence-electron chi connectivity index (χ2n) is 6.37. The van der Waals surface area contributed by atoms with Crippen LogP contribution in [0.25, 0.3) is 17.5 Å². The monoisotopic (exact) mass is 436 g/mol. The van der Waals surface area contributed by atoms with Gasteiger partial charge in [-0.3, -0.25) is 0 Å². The van der Waals surface area contributed by atoms with Gasteiger partial charge in [-0.1, -0.05) is 35.9 Å². The van der Waals surface area contributed by atoms with E-state index in [0.717, 1.165) is 17.8 Å². The van der Waals surface area contributed by atoms with Gasteiger partial charge in [0.25, 0.3) is 0 Å². The number of imidazole rings is 1. The Kier molecular flexibility index (Phi) is 6.12. The number of anilines is 1. The summed E-state index contributed by atoms with van der Waals surface area (Å²) < 4.78 is 39.9. The lowest BCUT2D eigenvalue weighted by Crippen LogP contribution is -2.04. The third kappa shape index (κ3) is 5.18. The average molecular weight is 437 g/mol. The molecule has 6 nitrogen and oxygen atoms in total. The Hall–Kier alpha value is -3.33. The molecule has 0 atom stereocenters. The highest BCUT2D eigenvalue weighted by Crippen LogP contribution is 2.30. The fraction of sp³-hybridized carbons (Fsp3) is 0.150. The number of aryl methyl sites for hydroxylation is 1. The zero-order valence-corrected chi connectivity index (χ0v) is 16.4. The highest BCUT2D eigenvalue weighted by Gasteiger charge is 2.34. The molecule has 0 unspecified atom stereocenters. The lowest BCUT2D eigenvalue weighted by molar-refractivity contribution is -0.141. The molecule has 2 heterocycles. The van der Waals surface area contributed by atoms with Gasteiger partial charge in [0.2, 0.25) is 0 Å². The molecule has 3 aromatic rings. The number of aromatic nitrogens is 3. The molecule has 0 saturated heterocycles. The lowest BCUT2D eigenvalue weighted by atomic mass is 10.1. The summed E-state index contributed by atoms with van der Waals surface area (Å²) in [6.07, 6.45) is 0.290. The van der Waals surface area contributed by atoms with Crippen LogP contribution in [0.3, 0.4) is 0 Å². The number of hydrogen-bond donors (Lipinski definition) is 2. The molecule has 2 aromatic heterocycles. The molecule has 0 bridgehead atoms. The Labute approximate surface area is 174 Å². The molecular formula is C20H16ClF3N4O2. The van der Waals surface area contributed by atoms with Gasteiger partial charge in [0.05, 0.1) is 0 Å². The number of aliphatic carboxylic acids is 1. The SMILES string of the molecule is Cn1cc(C(F)(F)F)nc1-c1ccc(CNc2cc(Cl)ncc2/C=C/C(=O)O)cc1. The maximum atomic E-state index is 12.8. The Bertz CT molecular complexity index is 1090. The van der Waals surface area contributed by atoms with Gasteiger partial charge in [-0.05, 0) is 17.7 Å². The molecular weight excluding hydrogens is 421 g/mol. The van der Waals surface area contributed by atoms with Gasteiger partial charge in [-0.25, -0.2) is 14.8 Å². The fourth-order valence-corrected chi connectivity index (χ4v) is 2.89. The summed E-state index contributed by atoms with van der Waals surface area (Å²) in [5.41, 5.74) is 1.60. The van der Waals surface area contributed by atoms with Gasteiger partial charge in [0, 0.05) is 48.9 Å². The van der Waals surface area contributed by atoms with Crippen molar-refractivity contribution in [2.24, 2.45) is 7.05 Å². The lowest BCUT2D eigenvalue weighted by Gasteiger charge is -2.10. The third-order valence-corrected chi connectivity index (χ3v) is 4.38. The molecule has 0 saturated carbocycles. The van der Waals surface area contributed by atoms with Crippen LogP contribution in [-0.2, 0) is 24.6 Å². The minimum atomic E-state index is -4.50. The fourth-order valence-electron chi connectivity index (χ4n) is 2.73. The molecule has 30 heavy (non-hydrogen) atoms. The van der Waals surface area contributed by atoms with Crippen molar-refractivity contribution in [3.05, 3.63) is 70.8 Å². The molecule has 156 valence electrons. The van der Waals surface area contributed by atoms with E-state index in [2.05, 4.69) is 15.3 Å². The van der Waals surface area contributed by atoms with Gasteiger partial charge in [-0.2, -0.15) is 13.2 Å². The van der Waals surface area contributed by atoms with E-state index in [1.807, 2.05) is 0 Å². The molecule has 0 radical (unpaired) electrons. The number of nitrogens with one attached hydrogen (secondary N) is 1. The topological polar surface area (TPSA) is 80.0 Å². The Morgan fingerprint density at radius 3 is 2.60 bits per heavy atom. The van der Waals surface area contributed by atoms with Crippen LogP contribution in [0.5, 0.6) is 0 Å². The smallest absolute Gasteiger partial charge is 0.434 e. The number of benzene rings is 1. The van der Waals surface area contributed by atoms with Crippen molar-refractivity contribution in [1.29, 1.82) is 0 Å². The quantitative estimate of drug-likeness (QED) is 0.426. The van der Waals surface area contributed by atoms with E-state index in [4.69, 9.17) is 16.7 Å². The molecule has 0 aliphatic carbocycles. The number of carboxylic acid groups (broad SMARTS) is 1. The van der Waals surface area contributed by atoms with Gasteiger partial charge in [0.15, 0.2) is 5.69 Å². The van der Waals surface area contributed by atoms with Crippen molar-refractivity contribution in [1.82, 2.24) is 14.5 Å². The molecule has 0 aliphatic rings. The van der Waals surface area contributed by atoms with E-state index in [1.165, 1.54) is 23.9 Å². The number of carboxylic acids is 1. The van der Waals surface area contributed by atoms with Crippen LogP contribution in [0.4, 0.5) is 18.9 Å². The van der Waals surface area contributed by atoms with E-state index in [-0.39, 0.29) is 11.0 Å². The van der Waals surface area contributed by atoms with Crippen molar-refractivity contribution < 1.29 is 23.1 Å². The summed E-state index contributed by atoms with van der Waals surface area (Å²) in [7, 11) is 1.51. The maximum absolute atomic E-state index is 12.8. The molecule has 0 aliphatic heterocycles. The third-order valence-electron chi connectivity index (χ3n) is 4.17. The van der Waals surface area contributed by atoms with E-state index in [9.17, 15) is 18.0 Å². The predicted octanol–water partition coefficient (Wildman–Crippen LogP) is 4.86. The first-order valence-corrected chi connectivity index (χ1v) is 9.01. The summed E-state index contributed by atoms with van der Waals surface area (Å²) in [6.45, 7) is 0.378. The van der Waals surface area contributed by atoms with Crippen molar-refractivity contribution in [2.45, 2.75) is 12.7 Å². The van der Waals surface area contributed by atoms with Crippen molar-refractivity contribution >= 4 is 29.3 Å². The highest BCUT2D eigenvalue weighted by molar-refractivity contribution is 6.29. The van der Waals surface area contributed by atoms with Crippen molar-refractivity contribution in [2.75, 3.05) is 5.32 Å². The van der Waals surface area contributed by atoms with Crippen LogP contribution in [0.1, 0.15) is 16.8 Å². The van der Waals surface area contributed by atoms with Gasteiger partial charge < -0.3 is 15.0 Å². The first-order valence-electron chi connectivity index (χ1n) is 8.64. The number of rotatable bonds is 6. The number of alkyl halides is 3. The second-order valence-corrected chi connectivity index (χ2v) is 6.76. The van der Waals surface area contributed by atoms with E-state index in [1.54, 1.807) is 30.3 Å². The van der Waals surface area contributed by atoms with E-state index >= 15 is 0 Å². The molecule has 0 spiro atoms. The summed E-state index contributed by atoms with van der Waals surface area (Å²) in [5, 5.41) is 12.2. The number of halogens is 4. The zero-order valence-electron chi connectivity index (χ0n) is 15.6. The molecule has 1 aromatic carbocycles. The first-order chi connectivity index (χ1) is 14.1. The maximum Gasteiger partial charge on any atom is 0.434 e. The van der Waals surface area contributed by atoms with Crippen LogP contribution in [-0.4, -0.2) is 25.6 Å². The minimum Gasteiger partial charge on any atom is -0.478 e. The molecule has 2 N–H and O–H groups in total. The molecule has 3 rings (SSSR count). The number of pyridine rings is 1. The van der Waals surface area contributed by atoms with Crippen molar-refractivity contribution in [3.8, 4) is 11.4 Å². The summed E-state index contributed by atoms with van der Waals surface area (Å²) in [6, 6.07) is 8.47. The summed E-state index contributed by atoms with van der Waals surface area (Å²) in [4.78, 5) is 18.3. The highest BCUT2D eigenvalue weighted by atomic mass is 35.5. The average Bonchev–Trinajstić information content (AvgIpc) is 3.08. The predicted molar refractivity (Wildman–Crippen MR) is 107 cm³/mol. The number of hydrogen-bond acceptors (Lipinski definition) is 4. The van der Waals surface area contributed by atoms with Crippen LogP contribution in [0.15, 0.2) is 48.8 Å². The molecule has 0 fully saturated rings. The van der Waals surface area contributed by atoms with E-state index in [0.29, 0.717) is 23.4 Å². The zero-order chi connectivity index (χ0) is 21.9. The van der Waals surface area contributed by atoms with Crippen molar-refractivity contribution in [3.63, 3.8) is 0 Å². The van der Waals surface area contributed by atoms with Crippen LogP contribution < -0.4 is 5.32 Å². The summed E-state index contributed by atoms with van der Waals surface area (Å²) >= 11 is 5.92. The van der Waals surface area contributed by atoms with E-state index < -0.39 is 17.8 Å². The standard InChI is InChI=1S/C20H16ClF3N4O2/c1-28-11-16(20(22,23)24)27-19(28)13-4-2-12(3-5-13)9-25-15-8-17(21)26-10-14(15)6-7-18(29)30/h2-8,10-11H,9H2,1H3,(H,25,26)(H,29,30)/b7-6+. The van der Waals surface area contributed by atoms with Crippen LogP contribution in [0, 0.1) is 0 Å². The Morgan fingerprint density at radius 2 is 2.00 bits per heavy atom. The molecule has 10 heteroatoms. The van der Waals surface area contributed by atoms with Gasteiger partial charge in [0.1, 0.15) is 11.0 Å². The van der Waals surface area contributed by atoms with Gasteiger partial charge in [-0.15, -0.1) is 0 Å². The normalized spacial score (nSPS) is 11.8. The summed E-state index contributed by atoms with van der Waals surface area (Å²) in [5.74, 6) is -0.877.